The van der Waals surface area contributed by atoms with Gasteiger partial charge in [-0.15, -0.1) is 0 Å². The number of piperidine rings is 1. The van der Waals surface area contributed by atoms with E-state index in [-0.39, 0.29) is 29.5 Å². The topological polar surface area (TPSA) is 83.7 Å². The maximum Gasteiger partial charge on any atom is 0.237 e. The number of hydrogen-bond acceptors (Lipinski definition) is 5. The van der Waals surface area contributed by atoms with Gasteiger partial charge in [-0.2, -0.15) is 0 Å². The van der Waals surface area contributed by atoms with E-state index in [1.165, 1.54) is 0 Å². The van der Waals surface area contributed by atoms with Crippen molar-refractivity contribution in [3.05, 3.63) is 0 Å². The highest BCUT2D eigenvalue weighted by Crippen LogP contribution is 2.19. The van der Waals surface area contributed by atoms with E-state index in [2.05, 4.69) is 11.8 Å². The number of hydrogen-bond donors (Lipinski definition) is 1. The maximum absolute atomic E-state index is 12.5. The summed E-state index contributed by atoms with van der Waals surface area (Å²) >= 11 is 0. The first-order chi connectivity index (χ1) is 9.80. The molecular weight excluding hydrogens is 290 g/mol. The second-order valence-corrected chi connectivity index (χ2v) is 8.76. The van der Waals surface area contributed by atoms with Crippen LogP contribution >= 0.6 is 0 Å². The molecule has 0 radical (unpaired) electrons. The Labute approximate surface area is 127 Å². The Balaban J connectivity index is 1.94. The average Bonchev–Trinajstić information content (AvgIpc) is 2.69. The van der Waals surface area contributed by atoms with Crippen LogP contribution in [0.3, 0.4) is 0 Å². The van der Waals surface area contributed by atoms with Crippen molar-refractivity contribution in [1.29, 1.82) is 0 Å². The number of nitrogens with two attached hydrogens (primary N) is 1. The van der Waals surface area contributed by atoms with Crippen molar-refractivity contribution in [1.82, 2.24) is 9.80 Å². The van der Waals surface area contributed by atoms with E-state index >= 15 is 0 Å². The van der Waals surface area contributed by atoms with Gasteiger partial charge in [-0.1, -0.05) is 6.92 Å². The molecule has 0 aromatic carbocycles. The summed E-state index contributed by atoms with van der Waals surface area (Å²) in [5.74, 6) is 0.847. The van der Waals surface area contributed by atoms with E-state index < -0.39 is 9.84 Å². The average molecular weight is 317 g/mol. The van der Waals surface area contributed by atoms with E-state index in [0.29, 0.717) is 25.4 Å². The third kappa shape index (κ3) is 4.40. The number of carbonyl (C=O) groups excluding carboxylic acids is 1. The van der Waals surface area contributed by atoms with Gasteiger partial charge in [0.25, 0.3) is 0 Å². The molecule has 1 amide bonds. The third-order valence-electron chi connectivity index (χ3n) is 4.44. The minimum Gasteiger partial charge on any atom is -0.338 e. The predicted molar refractivity (Wildman–Crippen MR) is 82.6 cm³/mol. The van der Waals surface area contributed by atoms with Gasteiger partial charge in [-0.3, -0.25) is 9.69 Å². The fourth-order valence-electron chi connectivity index (χ4n) is 3.58. The van der Waals surface area contributed by atoms with E-state index in [0.717, 1.165) is 19.5 Å². The molecule has 0 aliphatic carbocycles. The molecule has 0 spiro atoms. The normalized spacial score (nSPS) is 33.0. The van der Waals surface area contributed by atoms with Crippen molar-refractivity contribution in [2.75, 3.05) is 37.7 Å². The molecule has 0 bridgehead atoms. The van der Waals surface area contributed by atoms with Crippen LogP contribution in [0.4, 0.5) is 0 Å². The molecule has 7 heteroatoms. The largest absolute Gasteiger partial charge is 0.338 e. The van der Waals surface area contributed by atoms with Crippen LogP contribution in [0.15, 0.2) is 0 Å². The molecule has 2 aliphatic rings. The summed E-state index contributed by atoms with van der Waals surface area (Å²) in [6.45, 7) is 6.61. The Hall–Kier alpha value is -0.660. The van der Waals surface area contributed by atoms with Gasteiger partial charge in [0.05, 0.1) is 18.1 Å². The Morgan fingerprint density at radius 3 is 2.62 bits per heavy atom. The van der Waals surface area contributed by atoms with Crippen LogP contribution in [0.1, 0.15) is 26.7 Å². The van der Waals surface area contributed by atoms with Crippen molar-refractivity contribution in [3.63, 3.8) is 0 Å². The van der Waals surface area contributed by atoms with Crippen LogP contribution in [0.2, 0.25) is 0 Å². The van der Waals surface area contributed by atoms with Gasteiger partial charge in [0.2, 0.25) is 5.91 Å². The van der Waals surface area contributed by atoms with E-state index in [1.807, 2.05) is 6.92 Å². The van der Waals surface area contributed by atoms with Crippen LogP contribution in [0.5, 0.6) is 0 Å². The molecule has 0 aromatic heterocycles. The van der Waals surface area contributed by atoms with Crippen LogP contribution in [-0.4, -0.2) is 73.9 Å². The number of likely N-dealkylation sites (N-methyl/N-ethyl adjacent to an activating group) is 1. The summed E-state index contributed by atoms with van der Waals surface area (Å²) in [5.41, 5.74) is 6.01. The van der Waals surface area contributed by atoms with Crippen molar-refractivity contribution >= 4 is 15.7 Å². The minimum absolute atomic E-state index is 0.0286. The number of likely N-dealkylation sites (tertiary alicyclic amines) is 1. The van der Waals surface area contributed by atoms with Crippen molar-refractivity contribution in [2.24, 2.45) is 11.7 Å². The first-order valence-corrected chi connectivity index (χ1v) is 9.60. The lowest BCUT2D eigenvalue weighted by Crippen LogP contribution is -2.52. The van der Waals surface area contributed by atoms with Crippen LogP contribution < -0.4 is 5.73 Å². The molecule has 0 aromatic rings. The SMILES string of the molecule is CCN(C(=O)CN1CC(C)CC(N)C1)C1CCS(=O)(=O)C1. The maximum atomic E-state index is 12.5. The molecule has 122 valence electrons. The summed E-state index contributed by atoms with van der Waals surface area (Å²) < 4.78 is 23.2. The highest BCUT2D eigenvalue weighted by molar-refractivity contribution is 7.91. The second-order valence-electron chi connectivity index (χ2n) is 6.53. The molecule has 2 N–H and O–H groups in total. The number of rotatable bonds is 4. The molecule has 3 unspecified atom stereocenters. The summed E-state index contributed by atoms with van der Waals surface area (Å²) in [6.07, 6.45) is 1.57. The van der Waals surface area contributed by atoms with Gasteiger partial charge in [0, 0.05) is 31.7 Å². The zero-order valence-electron chi connectivity index (χ0n) is 13.0. The lowest BCUT2D eigenvalue weighted by Gasteiger charge is -2.36. The Morgan fingerprint density at radius 1 is 1.38 bits per heavy atom. The zero-order valence-corrected chi connectivity index (χ0v) is 13.8. The molecule has 2 rings (SSSR count). The number of amides is 1. The molecule has 2 heterocycles. The van der Waals surface area contributed by atoms with Crippen LogP contribution in [0.25, 0.3) is 0 Å². The van der Waals surface area contributed by atoms with Gasteiger partial charge < -0.3 is 10.6 Å². The molecule has 3 atom stereocenters. The van der Waals surface area contributed by atoms with Gasteiger partial charge in [0.15, 0.2) is 9.84 Å². The highest BCUT2D eigenvalue weighted by atomic mass is 32.2. The first kappa shape index (κ1) is 16.7. The molecule has 6 nitrogen and oxygen atoms in total. The summed E-state index contributed by atoms with van der Waals surface area (Å²) in [4.78, 5) is 16.3. The fraction of sp³-hybridized carbons (Fsp3) is 0.929. The lowest BCUT2D eigenvalue weighted by molar-refractivity contribution is -0.134. The predicted octanol–water partition coefficient (Wildman–Crippen LogP) is -0.309. The second kappa shape index (κ2) is 6.62. The molecule has 2 saturated heterocycles. The fourth-order valence-corrected chi connectivity index (χ4v) is 5.31. The monoisotopic (exact) mass is 317 g/mol. The molecule has 2 fully saturated rings. The zero-order chi connectivity index (χ0) is 15.6. The Kier molecular flexibility index (Phi) is 5.27. The molecule has 0 saturated carbocycles. The summed E-state index contributed by atoms with van der Waals surface area (Å²) in [7, 11) is -2.96. The van der Waals surface area contributed by atoms with Gasteiger partial charge in [-0.05, 0) is 25.7 Å². The highest BCUT2D eigenvalue weighted by Gasteiger charge is 2.34. The smallest absolute Gasteiger partial charge is 0.237 e. The summed E-state index contributed by atoms with van der Waals surface area (Å²) in [5, 5.41) is 0. The summed E-state index contributed by atoms with van der Waals surface area (Å²) in [6, 6.07) is -0.0214. The standard InChI is InChI=1S/C14H27N3O3S/c1-3-17(13-4-5-21(19,20)10-13)14(18)9-16-7-11(2)6-12(15)8-16/h11-13H,3-10,15H2,1-2H3. The Bertz CT molecular complexity index is 470. The van der Waals surface area contributed by atoms with Crippen LogP contribution in [0, 0.1) is 5.92 Å². The van der Waals surface area contributed by atoms with Crippen LogP contribution in [-0.2, 0) is 14.6 Å². The molecular formula is C14H27N3O3S. The van der Waals surface area contributed by atoms with Crippen molar-refractivity contribution in [2.45, 2.75) is 38.8 Å². The van der Waals surface area contributed by atoms with Crippen molar-refractivity contribution in [3.8, 4) is 0 Å². The first-order valence-electron chi connectivity index (χ1n) is 7.78. The van der Waals surface area contributed by atoms with Crippen molar-refractivity contribution < 1.29 is 13.2 Å². The molecule has 21 heavy (non-hydrogen) atoms. The molecule has 2 aliphatic heterocycles. The number of carbonyl (C=O) groups is 1. The van der Waals surface area contributed by atoms with E-state index in [9.17, 15) is 13.2 Å². The third-order valence-corrected chi connectivity index (χ3v) is 6.19. The van der Waals surface area contributed by atoms with E-state index in [1.54, 1.807) is 4.90 Å². The van der Waals surface area contributed by atoms with Gasteiger partial charge in [-0.25, -0.2) is 8.42 Å². The number of nitrogens with zero attached hydrogens (tertiary/aromatic N) is 2. The Morgan fingerprint density at radius 2 is 2.10 bits per heavy atom. The lowest BCUT2D eigenvalue weighted by atomic mass is 9.96. The van der Waals surface area contributed by atoms with E-state index in [4.69, 9.17) is 5.73 Å². The minimum atomic E-state index is -2.96. The quantitative estimate of drug-likeness (QED) is 0.769. The van der Waals surface area contributed by atoms with Gasteiger partial charge in [0.1, 0.15) is 0 Å². The number of sulfone groups is 1. The van der Waals surface area contributed by atoms with Gasteiger partial charge >= 0.3 is 0 Å².